The van der Waals surface area contributed by atoms with E-state index in [1.807, 2.05) is 10.9 Å². The number of carboxylic acid groups (broad SMARTS) is 1. The molecule has 17 heavy (non-hydrogen) atoms. The summed E-state index contributed by atoms with van der Waals surface area (Å²) in [5, 5.41) is 8.76. The van der Waals surface area contributed by atoms with Crippen molar-refractivity contribution in [2.24, 2.45) is 11.7 Å². The maximum absolute atomic E-state index is 11.4. The monoisotopic (exact) mass is 238 g/mol. The van der Waals surface area contributed by atoms with E-state index in [9.17, 15) is 14.4 Å². The number of hydrazine groups is 2. The van der Waals surface area contributed by atoms with Gasteiger partial charge in [0.15, 0.2) is 0 Å². The van der Waals surface area contributed by atoms with Gasteiger partial charge in [-0.1, -0.05) is 0 Å². The summed E-state index contributed by atoms with van der Waals surface area (Å²) >= 11 is 0. The first-order valence-corrected chi connectivity index (χ1v) is 4.40. The number of hydrogen-bond acceptors (Lipinski definition) is 5. The Morgan fingerprint density at radius 3 is 2.00 bits per heavy atom. The van der Waals surface area contributed by atoms with Crippen LogP contribution in [0.2, 0.25) is 0 Å². The summed E-state index contributed by atoms with van der Waals surface area (Å²) in [6.45, 7) is 0. The molecule has 8 nitrogen and oxygen atoms in total. The van der Waals surface area contributed by atoms with Gasteiger partial charge in [0.05, 0.1) is 16.7 Å². The van der Waals surface area contributed by atoms with Crippen LogP contribution in [0.3, 0.4) is 0 Å². The zero-order chi connectivity index (χ0) is 13.0. The number of carbonyl (C=O) groups excluding carboxylic acids is 2. The number of hydrogen-bond donors (Lipinski definition) is 5. The zero-order valence-corrected chi connectivity index (χ0v) is 8.56. The standard InChI is InChI=1S/C9H10N4O4/c10-12-7(14)5-2-1-4(9(16)17)3-6(5)8(15)13-11/h1-3H,10-11H2,(H,12,14)(H,13,15)(H,16,17). The zero-order valence-electron chi connectivity index (χ0n) is 8.56. The van der Waals surface area contributed by atoms with E-state index in [0.29, 0.717) is 0 Å². The van der Waals surface area contributed by atoms with E-state index in [0.717, 1.165) is 6.07 Å². The summed E-state index contributed by atoms with van der Waals surface area (Å²) < 4.78 is 0. The van der Waals surface area contributed by atoms with Crippen molar-refractivity contribution in [3.05, 3.63) is 34.9 Å². The van der Waals surface area contributed by atoms with Gasteiger partial charge >= 0.3 is 5.97 Å². The Morgan fingerprint density at radius 1 is 1.00 bits per heavy atom. The largest absolute Gasteiger partial charge is 0.478 e. The molecule has 1 aromatic carbocycles. The van der Waals surface area contributed by atoms with Crippen molar-refractivity contribution < 1.29 is 19.5 Å². The minimum Gasteiger partial charge on any atom is -0.478 e. The molecule has 2 amide bonds. The van der Waals surface area contributed by atoms with Crippen LogP contribution >= 0.6 is 0 Å². The number of rotatable bonds is 3. The van der Waals surface area contributed by atoms with Crippen molar-refractivity contribution in [2.75, 3.05) is 0 Å². The molecule has 90 valence electrons. The molecule has 0 bridgehead atoms. The molecule has 0 heterocycles. The molecule has 1 rings (SSSR count). The van der Waals surface area contributed by atoms with Crippen LogP contribution in [0.4, 0.5) is 0 Å². The molecular weight excluding hydrogens is 228 g/mol. The number of nitrogen functional groups attached to an aromatic ring is 2. The van der Waals surface area contributed by atoms with Gasteiger partial charge in [-0.2, -0.15) is 0 Å². The van der Waals surface area contributed by atoms with Crippen LogP contribution in [0, 0.1) is 0 Å². The van der Waals surface area contributed by atoms with Gasteiger partial charge in [-0.15, -0.1) is 0 Å². The van der Waals surface area contributed by atoms with Crippen molar-refractivity contribution in [3.63, 3.8) is 0 Å². The molecule has 0 saturated heterocycles. The maximum atomic E-state index is 11.4. The lowest BCUT2D eigenvalue weighted by Gasteiger charge is -2.07. The molecule has 0 aliphatic heterocycles. The highest BCUT2D eigenvalue weighted by molar-refractivity contribution is 6.08. The smallest absolute Gasteiger partial charge is 0.335 e. The number of aromatic carboxylic acids is 1. The number of benzene rings is 1. The van der Waals surface area contributed by atoms with Crippen molar-refractivity contribution in [3.8, 4) is 0 Å². The number of amides is 2. The third-order valence-corrected chi connectivity index (χ3v) is 2.02. The van der Waals surface area contributed by atoms with E-state index in [4.69, 9.17) is 16.8 Å². The molecule has 0 radical (unpaired) electrons. The van der Waals surface area contributed by atoms with Crippen LogP contribution in [-0.2, 0) is 0 Å². The number of carbonyl (C=O) groups is 3. The van der Waals surface area contributed by atoms with Gasteiger partial charge in [-0.05, 0) is 18.2 Å². The van der Waals surface area contributed by atoms with Crippen LogP contribution in [0.5, 0.6) is 0 Å². The fourth-order valence-electron chi connectivity index (χ4n) is 1.22. The highest BCUT2D eigenvalue weighted by Crippen LogP contribution is 2.12. The Bertz CT molecular complexity index is 486. The summed E-state index contributed by atoms with van der Waals surface area (Å²) in [6, 6.07) is 3.39. The van der Waals surface area contributed by atoms with Crippen LogP contribution in [0.25, 0.3) is 0 Å². The van der Waals surface area contributed by atoms with Gasteiger partial charge in [-0.3, -0.25) is 20.4 Å². The average molecular weight is 238 g/mol. The first kappa shape index (κ1) is 12.6. The third-order valence-electron chi connectivity index (χ3n) is 2.02. The van der Waals surface area contributed by atoms with Crippen LogP contribution in [-0.4, -0.2) is 22.9 Å². The van der Waals surface area contributed by atoms with E-state index in [1.54, 1.807) is 0 Å². The van der Waals surface area contributed by atoms with E-state index in [1.165, 1.54) is 12.1 Å². The number of carboxylic acids is 1. The lowest BCUT2D eigenvalue weighted by atomic mass is 10.0. The lowest BCUT2D eigenvalue weighted by Crippen LogP contribution is -2.35. The van der Waals surface area contributed by atoms with Gasteiger partial charge in [0.2, 0.25) is 0 Å². The van der Waals surface area contributed by atoms with Gasteiger partial charge < -0.3 is 5.11 Å². The van der Waals surface area contributed by atoms with Gasteiger partial charge in [-0.25, -0.2) is 16.5 Å². The summed E-state index contributed by atoms with van der Waals surface area (Å²) in [4.78, 5) is 33.4. The molecular formula is C9H10N4O4. The first-order valence-electron chi connectivity index (χ1n) is 4.40. The van der Waals surface area contributed by atoms with E-state index < -0.39 is 17.8 Å². The molecule has 0 aliphatic rings. The Balaban J connectivity index is 3.36. The quantitative estimate of drug-likeness (QED) is 0.248. The molecule has 0 aliphatic carbocycles. The van der Waals surface area contributed by atoms with Crippen molar-refractivity contribution in [1.82, 2.24) is 10.9 Å². The lowest BCUT2D eigenvalue weighted by molar-refractivity contribution is 0.0696. The minimum atomic E-state index is -1.23. The Labute approximate surface area is 95.5 Å². The summed E-state index contributed by atoms with van der Waals surface area (Å²) in [5.41, 5.74) is 3.27. The van der Waals surface area contributed by atoms with Gasteiger partial charge in [0, 0.05) is 0 Å². The topological polar surface area (TPSA) is 148 Å². The molecule has 7 N–H and O–H groups in total. The van der Waals surface area contributed by atoms with E-state index in [2.05, 4.69) is 0 Å². The minimum absolute atomic E-state index is 0.0690. The normalized spacial score (nSPS) is 9.53. The van der Waals surface area contributed by atoms with Crippen LogP contribution < -0.4 is 22.5 Å². The van der Waals surface area contributed by atoms with E-state index in [-0.39, 0.29) is 16.7 Å². The maximum Gasteiger partial charge on any atom is 0.335 e. The fraction of sp³-hybridized carbons (Fsp3) is 0. The van der Waals surface area contributed by atoms with Crippen LogP contribution in [0.15, 0.2) is 18.2 Å². The first-order chi connectivity index (χ1) is 8.01. The third kappa shape index (κ3) is 2.56. The summed E-state index contributed by atoms with van der Waals surface area (Å²) in [5.74, 6) is 7.13. The van der Waals surface area contributed by atoms with E-state index >= 15 is 0 Å². The Hall–Kier alpha value is -2.45. The summed E-state index contributed by atoms with van der Waals surface area (Å²) in [6.07, 6.45) is 0. The fourth-order valence-corrected chi connectivity index (χ4v) is 1.22. The van der Waals surface area contributed by atoms with Crippen molar-refractivity contribution in [1.29, 1.82) is 0 Å². The van der Waals surface area contributed by atoms with Gasteiger partial charge in [0.1, 0.15) is 0 Å². The molecule has 0 aromatic heterocycles. The molecule has 0 atom stereocenters. The molecule has 1 aromatic rings. The SMILES string of the molecule is NNC(=O)c1ccc(C(=O)O)cc1C(=O)NN. The second kappa shape index (κ2) is 5.05. The average Bonchev–Trinajstić information content (AvgIpc) is 2.35. The highest BCUT2D eigenvalue weighted by atomic mass is 16.4. The number of nitrogens with one attached hydrogen (secondary N) is 2. The predicted octanol–water partition coefficient (Wildman–Crippen LogP) is -1.41. The van der Waals surface area contributed by atoms with Gasteiger partial charge in [0.25, 0.3) is 11.8 Å². The second-order valence-electron chi connectivity index (χ2n) is 3.01. The molecule has 0 unspecified atom stereocenters. The highest BCUT2D eigenvalue weighted by Gasteiger charge is 2.18. The Kier molecular flexibility index (Phi) is 3.75. The van der Waals surface area contributed by atoms with Crippen molar-refractivity contribution in [2.45, 2.75) is 0 Å². The summed E-state index contributed by atoms with van der Waals surface area (Å²) in [7, 11) is 0. The second-order valence-corrected chi connectivity index (χ2v) is 3.01. The van der Waals surface area contributed by atoms with Crippen LogP contribution in [0.1, 0.15) is 31.1 Å². The molecule has 8 heteroatoms. The molecule has 0 saturated carbocycles. The van der Waals surface area contributed by atoms with Crippen molar-refractivity contribution >= 4 is 17.8 Å². The number of nitrogens with two attached hydrogens (primary N) is 2. The molecule has 0 spiro atoms. The predicted molar refractivity (Wildman–Crippen MR) is 56.7 cm³/mol. The Morgan fingerprint density at radius 2 is 1.53 bits per heavy atom. The molecule has 0 fully saturated rings.